The minimum absolute atomic E-state index is 0.348. The molecule has 3 heterocycles. The van der Waals surface area contributed by atoms with Crippen LogP contribution in [0.4, 0.5) is 17.8 Å². The van der Waals surface area contributed by atoms with Crippen molar-refractivity contribution in [1.29, 1.82) is 0 Å². The molecule has 1 unspecified atom stereocenters. The summed E-state index contributed by atoms with van der Waals surface area (Å²) in [5.41, 5.74) is 5.94. The molecule has 1 atom stereocenters. The van der Waals surface area contributed by atoms with E-state index in [0.29, 0.717) is 12.0 Å². The van der Waals surface area contributed by atoms with Crippen molar-refractivity contribution in [3.63, 3.8) is 0 Å². The van der Waals surface area contributed by atoms with Crippen molar-refractivity contribution in [2.75, 3.05) is 35.2 Å². The first kappa shape index (κ1) is 14.4. The van der Waals surface area contributed by atoms with E-state index in [4.69, 9.17) is 10.7 Å². The summed E-state index contributed by atoms with van der Waals surface area (Å²) in [5, 5.41) is 0. The zero-order valence-electron chi connectivity index (χ0n) is 13.0. The highest BCUT2D eigenvalue weighted by molar-refractivity contribution is 5.44. The summed E-state index contributed by atoms with van der Waals surface area (Å²) in [6.07, 6.45) is 8.58. The first-order valence-electron chi connectivity index (χ1n) is 8.31. The summed E-state index contributed by atoms with van der Waals surface area (Å²) in [7, 11) is 0. The highest BCUT2D eigenvalue weighted by Crippen LogP contribution is 2.26. The molecule has 1 aromatic rings. The quantitative estimate of drug-likeness (QED) is 0.920. The van der Waals surface area contributed by atoms with E-state index in [1.165, 1.54) is 38.5 Å². The molecule has 0 saturated carbocycles. The molecule has 2 saturated heterocycles. The third-order valence-electron chi connectivity index (χ3n) is 4.62. The average molecular weight is 290 g/mol. The lowest BCUT2D eigenvalue weighted by atomic mass is 10.0. The topological polar surface area (TPSA) is 71.2 Å². The monoisotopic (exact) mass is 290 g/mol. The molecule has 116 valence electrons. The second kappa shape index (κ2) is 6.45. The lowest BCUT2D eigenvalue weighted by Crippen LogP contribution is -2.41. The Morgan fingerprint density at radius 2 is 1.67 bits per heavy atom. The van der Waals surface area contributed by atoms with Gasteiger partial charge in [0, 0.05) is 25.7 Å². The van der Waals surface area contributed by atoms with Crippen LogP contribution in [0.3, 0.4) is 0 Å². The maximum atomic E-state index is 5.94. The molecule has 2 fully saturated rings. The number of nitrogens with two attached hydrogens (primary N) is 1. The minimum atomic E-state index is 0.348. The Labute approximate surface area is 126 Å². The number of nitrogens with zero attached hydrogens (tertiary/aromatic N) is 5. The molecule has 0 aliphatic carbocycles. The maximum absolute atomic E-state index is 5.94. The highest BCUT2D eigenvalue weighted by atomic mass is 15.4. The Balaban J connectivity index is 1.85. The molecule has 2 N–H and O–H groups in total. The lowest BCUT2D eigenvalue weighted by Gasteiger charge is -2.36. The molecule has 0 aromatic carbocycles. The Hall–Kier alpha value is -1.59. The Bertz CT molecular complexity index is 471. The predicted molar refractivity (Wildman–Crippen MR) is 85.6 cm³/mol. The van der Waals surface area contributed by atoms with Gasteiger partial charge in [-0.15, -0.1) is 0 Å². The molecular weight excluding hydrogens is 264 g/mol. The molecule has 6 heteroatoms. The van der Waals surface area contributed by atoms with Gasteiger partial charge in [0.1, 0.15) is 0 Å². The number of hydrogen-bond donors (Lipinski definition) is 1. The Kier molecular flexibility index (Phi) is 4.41. The summed E-state index contributed by atoms with van der Waals surface area (Å²) in [4.78, 5) is 18.1. The van der Waals surface area contributed by atoms with Gasteiger partial charge in [-0.2, -0.15) is 15.0 Å². The molecular formula is C15H26N6. The largest absolute Gasteiger partial charge is 0.368 e. The molecule has 21 heavy (non-hydrogen) atoms. The van der Waals surface area contributed by atoms with E-state index < -0.39 is 0 Å². The summed E-state index contributed by atoms with van der Waals surface area (Å²) in [5.74, 6) is 1.88. The Morgan fingerprint density at radius 3 is 2.43 bits per heavy atom. The molecule has 0 spiro atoms. The molecule has 0 bridgehead atoms. The molecule has 0 radical (unpaired) electrons. The van der Waals surface area contributed by atoms with E-state index in [1.807, 2.05) is 0 Å². The van der Waals surface area contributed by atoms with E-state index in [2.05, 4.69) is 26.7 Å². The minimum Gasteiger partial charge on any atom is -0.368 e. The van der Waals surface area contributed by atoms with Gasteiger partial charge >= 0.3 is 0 Å². The average Bonchev–Trinajstić information content (AvgIpc) is 2.55. The van der Waals surface area contributed by atoms with Gasteiger partial charge in [0.15, 0.2) is 0 Å². The molecule has 6 nitrogen and oxygen atoms in total. The van der Waals surface area contributed by atoms with Gasteiger partial charge in [-0.05, 0) is 44.9 Å². The van der Waals surface area contributed by atoms with Crippen molar-refractivity contribution in [2.24, 2.45) is 0 Å². The van der Waals surface area contributed by atoms with Crippen molar-refractivity contribution in [2.45, 2.75) is 57.9 Å². The highest BCUT2D eigenvalue weighted by Gasteiger charge is 2.25. The Morgan fingerprint density at radius 1 is 0.952 bits per heavy atom. The summed E-state index contributed by atoms with van der Waals surface area (Å²) >= 11 is 0. The van der Waals surface area contributed by atoms with Crippen LogP contribution in [0.15, 0.2) is 0 Å². The van der Waals surface area contributed by atoms with Gasteiger partial charge in [0.2, 0.25) is 17.8 Å². The van der Waals surface area contributed by atoms with Crippen molar-refractivity contribution >= 4 is 17.8 Å². The lowest BCUT2D eigenvalue weighted by molar-refractivity contribution is 0.442. The number of aromatic nitrogens is 3. The molecule has 2 aliphatic heterocycles. The molecule has 2 aliphatic rings. The van der Waals surface area contributed by atoms with Crippen LogP contribution in [-0.2, 0) is 0 Å². The van der Waals surface area contributed by atoms with E-state index in [-0.39, 0.29) is 0 Å². The van der Waals surface area contributed by atoms with Crippen LogP contribution in [0.25, 0.3) is 0 Å². The van der Waals surface area contributed by atoms with E-state index in [0.717, 1.165) is 38.0 Å². The molecule has 0 amide bonds. The number of hydrogen-bond acceptors (Lipinski definition) is 6. The van der Waals surface area contributed by atoms with E-state index in [1.54, 1.807) is 0 Å². The summed E-state index contributed by atoms with van der Waals surface area (Å²) in [6, 6.07) is 0.537. The summed E-state index contributed by atoms with van der Waals surface area (Å²) < 4.78 is 0. The number of rotatable bonds is 3. The molecule has 3 rings (SSSR count). The van der Waals surface area contributed by atoms with Crippen molar-refractivity contribution < 1.29 is 0 Å². The van der Waals surface area contributed by atoms with E-state index >= 15 is 0 Å². The summed E-state index contributed by atoms with van der Waals surface area (Å²) in [6.45, 7) is 5.32. The van der Waals surface area contributed by atoms with Crippen LogP contribution in [0.1, 0.15) is 51.9 Å². The molecule has 1 aromatic heterocycles. The fourth-order valence-corrected chi connectivity index (χ4v) is 3.42. The fourth-order valence-electron chi connectivity index (χ4n) is 3.42. The predicted octanol–water partition coefficient (Wildman–Crippen LogP) is 2.21. The maximum Gasteiger partial charge on any atom is 0.232 e. The first-order chi connectivity index (χ1) is 10.3. The number of anilines is 3. The van der Waals surface area contributed by atoms with Gasteiger partial charge in [0.25, 0.3) is 0 Å². The van der Waals surface area contributed by atoms with Gasteiger partial charge in [-0.1, -0.05) is 6.92 Å². The smallest absolute Gasteiger partial charge is 0.232 e. The third-order valence-corrected chi connectivity index (χ3v) is 4.62. The number of piperidine rings is 2. The third kappa shape index (κ3) is 3.19. The van der Waals surface area contributed by atoms with Crippen LogP contribution in [0, 0.1) is 0 Å². The van der Waals surface area contributed by atoms with Crippen molar-refractivity contribution in [1.82, 2.24) is 15.0 Å². The standard InChI is InChI=1S/C15H26N6/c1-2-12-8-4-7-11-21(12)15-18-13(16)17-14(19-15)20-9-5-3-6-10-20/h12H,2-11H2,1H3,(H2,16,17,18,19). The zero-order valence-corrected chi connectivity index (χ0v) is 13.0. The zero-order chi connectivity index (χ0) is 14.7. The first-order valence-corrected chi connectivity index (χ1v) is 8.31. The van der Waals surface area contributed by atoms with Crippen molar-refractivity contribution in [3.8, 4) is 0 Å². The normalized spacial score (nSPS) is 23.4. The second-order valence-electron chi connectivity index (χ2n) is 6.09. The van der Waals surface area contributed by atoms with Crippen LogP contribution < -0.4 is 15.5 Å². The van der Waals surface area contributed by atoms with Crippen LogP contribution in [0.5, 0.6) is 0 Å². The van der Waals surface area contributed by atoms with E-state index in [9.17, 15) is 0 Å². The SMILES string of the molecule is CCC1CCCCN1c1nc(N)nc(N2CCCCC2)n1. The van der Waals surface area contributed by atoms with Gasteiger partial charge in [-0.3, -0.25) is 0 Å². The van der Waals surface area contributed by atoms with Crippen molar-refractivity contribution in [3.05, 3.63) is 0 Å². The second-order valence-corrected chi connectivity index (χ2v) is 6.09. The van der Waals surface area contributed by atoms with Gasteiger partial charge in [0.05, 0.1) is 0 Å². The van der Waals surface area contributed by atoms with Crippen LogP contribution in [-0.4, -0.2) is 40.6 Å². The van der Waals surface area contributed by atoms with Gasteiger partial charge in [-0.25, -0.2) is 0 Å². The number of nitrogen functional groups attached to an aromatic ring is 1. The van der Waals surface area contributed by atoms with Gasteiger partial charge < -0.3 is 15.5 Å². The van der Waals surface area contributed by atoms with Crippen LogP contribution >= 0.6 is 0 Å². The van der Waals surface area contributed by atoms with Crippen LogP contribution in [0.2, 0.25) is 0 Å². The fraction of sp³-hybridized carbons (Fsp3) is 0.800.